The highest BCUT2D eigenvalue weighted by atomic mass is 19.1. The van der Waals surface area contributed by atoms with Crippen molar-refractivity contribution in [3.8, 4) is 5.69 Å². The van der Waals surface area contributed by atoms with E-state index in [1.54, 1.807) is 0 Å². The molecule has 1 aliphatic heterocycles. The Bertz CT molecular complexity index is 808. The van der Waals surface area contributed by atoms with Crippen molar-refractivity contribution in [2.45, 2.75) is 6.10 Å². The number of morpholine rings is 1. The van der Waals surface area contributed by atoms with Crippen molar-refractivity contribution < 1.29 is 23.1 Å². The number of amides is 2. The Morgan fingerprint density at radius 2 is 2.16 bits per heavy atom. The van der Waals surface area contributed by atoms with E-state index in [4.69, 9.17) is 4.74 Å². The van der Waals surface area contributed by atoms with Crippen LogP contribution in [0, 0.1) is 11.6 Å². The number of likely N-dealkylation sites (N-methyl/N-ethyl adjacent to an activating group) is 1. The molecule has 1 saturated heterocycles. The topological polar surface area (TPSA) is 76.5 Å². The second kappa shape index (κ2) is 6.98. The van der Waals surface area contributed by atoms with E-state index in [-0.39, 0.29) is 36.2 Å². The van der Waals surface area contributed by atoms with Gasteiger partial charge in [0, 0.05) is 25.9 Å². The van der Waals surface area contributed by atoms with Gasteiger partial charge in [0.1, 0.15) is 11.5 Å². The summed E-state index contributed by atoms with van der Waals surface area (Å²) in [7, 11) is 1.49. The van der Waals surface area contributed by atoms with E-state index >= 15 is 0 Å². The van der Waals surface area contributed by atoms with Crippen LogP contribution >= 0.6 is 0 Å². The van der Waals surface area contributed by atoms with Crippen LogP contribution < -0.4 is 5.32 Å². The second-order valence-electron chi connectivity index (χ2n) is 5.49. The number of halogens is 2. The molecule has 0 aliphatic carbocycles. The predicted octanol–water partition coefficient (Wildman–Crippen LogP) is 0.738. The van der Waals surface area contributed by atoms with Crippen molar-refractivity contribution in [2.75, 3.05) is 26.7 Å². The molecule has 2 amide bonds. The molecule has 0 saturated carbocycles. The van der Waals surface area contributed by atoms with Crippen molar-refractivity contribution in [3.05, 3.63) is 47.8 Å². The third-order valence-corrected chi connectivity index (χ3v) is 3.88. The van der Waals surface area contributed by atoms with Crippen LogP contribution in [0.15, 0.2) is 30.6 Å². The summed E-state index contributed by atoms with van der Waals surface area (Å²) < 4.78 is 33.3. The summed E-state index contributed by atoms with van der Waals surface area (Å²) >= 11 is 0. The molecule has 7 nitrogen and oxygen atoms in total. The quantitative estimate of drug-likeness (QED) is 0.886. The highest BCUT2D eigenvalue weighted by molar-refractivity contribution is 5.94. The molecule has 1 unspecified atom stereocenters. The van der Waals surface area contributed by atoms with Crippen LogP contribution in [0.25, 0.3) is 5.69 Å². The molecule has 1 N–H and O–H groups in total. The normalized spacial score (nSPS) is 17.4. The van der Waals surface area contributed by atoms with E-state index < -0.39 is 17.7 Å². The first-order chi connectivity index (χ1) is 12.0. The highest BCUT2D eigenvalue weighted by Gasteiger charge is 2.29. The number of nitrogens with one attached hydrogen (secondary N) is 1. The maximum atomic E-state index is 13.8. The van der Waals surface area contributed by atoms with Crippen LogP contribution in [-0.4, -0.2) is 59.3 Å². The van der Waals surface area contributed by atoms with Gasteiger partial charge in [0.2, 0.25) is 0 Å². The van der Waals surface area contributed by atoms with Crippen LogP contribution in [0.3, 0.4) is 0 Å². The minimum Gasteiger partial charge on any atom is -0.365 e. The number of ether oxygens (including phenoxy) is 1. The first-order valence-corrected chi connectivity index (χ1v) is 7.62. The molecule has 1 aromatic carbocycles. The molecule has 9 heteroatoms. The van der Waals surface area contributed by atoms with E-state index in [2.05, 4.69) is 10.4 Å². The SMILES string of the molecule is CNC(=O)C1CN(C(=O)c2cnn(-c3ccc(F)cc3F)c2)CCO1. The zero-order chi connectivity index (χ0) is 18.0. The molecule has 1 fully saturated rings. The molecule has 2 aromatic rings. The molecule has 1 aliphatic rings. The monoisotopic (exact) mass is 350 g/mol. The third-order valence-electron chi connectivity index (χ3n) is 3.88. The summed E-state index contributed by atoms with van der Waals surface area (Å²) in [5, 5.41) is 6.44. The highest BCUT2D eigenvalue weighted by Crippen LogP contribution is 2.16. The van der Waals surface area contributed by atoms with Gasteiger partial charge in [-0.1, -0.05) is 0 Å². The summed E-state index contributed by atoms with van der Waals surface area (Å²) in [6, 6.07) is 3.09. The van der Waals surface area contributed by atoms with E-state index in [1.165, 1.54) is 35.1 Å². The Balaban J connectivity index is 1.77. The minimum atomic E-state index is -0.784. The molecule has 0 bridgehead atoms. The summed E-state index contributed by atoms with van der Waals surface area (Å²) in [6.07, 6.45) is 1.94. The lowest BCUT2D eigenvalue weighted by molar-refractivity contribution is -0.136. The Hall–Kier alpha value is -2.81. The van der Waals surface area contributed by atoms with E-state index in [0.29, 0.717) is 6.54 Å². The van der Waals surface area contributed by atoms with E-state index in [1.807, 2.05) is 0 Å². The van der Waals surface area contributed by atoms with Gasteiger partial charge in [0.25, 0.3) is 11.8 Å². The first-order valence-electron chi connectivity index (χ1n) is 7.62. The van der Waals surface area contributed by atoms with Gasteiger partial charge in [-0.2, -0.15) is 5.10 Å². The third kappa shape index (κ3) is 3.50. The smallest absolute Gasteiger partial charge is 0.257 e. The fraction of sp³-hybridized carbons (Fsp3) is 0.312. The average molecular weight is 350 g/mol. The number of rotatable bonds is 3. The summed E-state index contributed by atoms with van der Waals surface area (Å²) in [4.78, 5) is 25.7. The number of nitrogens with zero attached hydrogens (tertiary/aromatic N) is 3. The molecule has 132 valence electrons. The maximum absolute atomic E-state index is 13.8. The van der Waals surface area contributed by atoms with Crippen molar-refractivity contribution >= 4 is 11.8 Å². The standard InChI is InChI=1S/C16H16F2N4O3/c1-19-15(23)14-9-21(4-5-25-14)16(24)10-7-20-22(8-10)13-3-2-11(17)6-12(13)18/h2-3,6-8,14H,4-5,9H2,1H3,(H,19,23). The maximum Gasteiger partial charge on any atom is 0.257 e. The fourth-order valence-electron chi connectivity index (χ4n) is 2.57. The molecular formula is C16H16F2N4O3. The van der Waals surface area contributed by atoms with Crippen molar-refractivity contribution in [2.24, 2.45) is 0 Å². The van der Waals surface area contributed by atoms with Gasteiger partial charge in [0.05, 0.1) is 24.9 Å². The first kappa shape index (κ1) is 17.0. The Morgan fingerprint density at radius 3 is 2.88 bits per heavy atom. The molecule has 25 heavy (non-hydrogen) atoms. The van der Waals surface area contributed by atoms with Gasteiger partial charge in [-0.05, 0) is 12.1 Å². The van der Waals surface area contributed by atoms with Crippen molar-refractivity contribution in [1.82, 2.24) is 20.0 Å². The average Bonchev–Trinajstić information content (AvgIpc) is 3.10. The molecule has 1 aromatic heterocycles. The van der Waals surface area contributed by atoms with Crippen molar-refractivity contribution in [3.63, 3.8) is 0 Å². The Morgan fingerprint density at radius 1 is 1.36 bits per heavy atom. The zero-order valence-corrected chi connectivity index (χ0v) is 13.4. The summed E-state index contributed by atoms with van der Waals surface area (Å²) in [5.74, 6) is -2.13. The van der Waals surface area contributed by atoms with Crippen LogP contribution in [0.4, 0.5) is 8.78 Å². The lowest BCUT2D eigenvalue weighted by atomic mass is 10.2. The van der Waals surface area contributed by atoms with Gasteiger partial charge in [-0.3, -0.25) is 9.59 Å². The number of carbonyl (C=O) groups is 2. The molecule has 2 heterocycles. The lowest BCUT2D eigenvalue weighted by Crippen LogP contribution is -2.51. The van der Waals surface area contributed by atoms with Gasteiger partial charge in [0.15, 0.2) is 11.9 Å². The van der Waals surface area contributed by atoms with Gasteiger partial charge in [-0.25, -0.2) is 13.5 Å². The van der Waals surface area contributed by atoms with Gasteiger partial charge < -0.3 is 15.0 Å². The number of hydrogen-bond acceptors (Lipinski definition) is 4. The van der Waals surface area contributed by atoms with E-state index in [9.17, 15) is 18.4 Å². The number of hydrogen-bond donors (Lipinski definition) is 1. The van der Waals surface area contributed by atoms with Crippen molar-refractivity contribution in [1.29, 1.82) is 0 Å². The molecule has 0 radical (unpaired) electrons. The molecule has 1 atom stereocenters. The Labute approximate surface area is 142 Å². The van der Waals surface area contributed by atoms with Crippen LogP contribution in [0.1, 0.15) is 10.4 Å². The molecule has 3 rings (SSSR count). The predicted molar refractivity (Wildman–Crippen MR) is 83.2 cm³/mol. The molecule has 0 spiro atoms. The fourth-order valence-corrected chi connectivity index (χ4v) is 2.57. The number of aromatic nitrogens is 2. The van der Waals surface area contributed by atoms with Gasteiger partial charge >= 0.3 is 0 Å². The second-order valence-corrected chi connectivity index (χ2v) is 5.49. The Kier molecular flexibility index (Phi) is 4.75. The number of benzene rings is 1. The molecular weight excluding hydrogens is 334 g/mol. The van der Waals surface area contributed by atoms with Crippen LogP contribution in [0.2, 0.25) is 0 Å². The lowest BCUT2D eigenvalue weighted by Gasteiger charge is -2.31. The minimum absolute atomic E-state index is 0.0330. The van der Waals surface area contributed by atoms with Crippen LogP contribution in [-0.2, 0) is 9.53 Å². The van der Waals surface area contributed by atoms with Gasteiger partial charge in [-0.15, -0.1) is 0 Å². The van der Waals surface area contributed by atoms with Crippen LogP contribution in [0.5, 0.6) is 0 Å². The number of carbonyl (C=O) groups excluding carboxylic acids is 2. The summed E-state index contributed by atoms with van der Waals surface area (Å²) in [5.41, 5.74) is 0.270. The summed E-state index contributed by atoms with van der Waals surface area (Å²) in [6.45, 7) is 0.696. The zero-order valence-electron chi connectivity index (χ0n) is 13.4. The van der Waals surface area contributed by atoms with E-state index in [0.717, 1.165) is 12.1 Å². The largest absolute Gasteiger partial charge is 0.365 e.